The second-order valence-electron chi connectivity index (χ2n) is 8.27. The Morgan fingerprint density at radius 2 is 1.85 bits per heavy atom. The standard InChI is InChI=1S/C22H31N5O5S/c1-22(2,33(4,29)30)18-15-19(27-10-13-32-14-11-27)26-20(25-18)16-5-7-17(8-6-16)24-21(28)23-9-12-31-3/h5-8,15H,9-14H2,1-4H3,(H2,23,24,28). The van der Waals surface area contributed by atoms with E-state index in [2.05, 4.69) is 20.5 Å². The molecule has 2 heterocycles. The van der Waals surface area contributed by atoms with Gasteiger partial charge in [-0.05, 0) is 38.1 Å². The minimum Gasteiger partial charge on any atom is -0.383 e. The number of carbonyl (C=O) groups is 1. The molecule has 1 aliphatic rings. The molecule has 0 unspecified atom stereocenters. The molecular weight excluding hydrogens is 446 g/mol. The summed E-state index contributed by atoms with van der Waals surface area (Å²) in [6.45, 7) is 6.61. The first kappa shape index (κ1) is 24.9. The molecule has 3 rings (SSSR count). The number of ether oxygens (including phenoxy) is 2. The first-order valence-corrected chi connectivity index (χ1v) is 12.6. The highest BCUT2D eigenvalue weighted by Crippen LogP contribution is 2.32. The van der Waals surface area contributed by atoms with Gasteiger partial charge >= 0.3 is 6.03 Å². The molecule has 0 saturated carbocycles. The van der Waals surface area contributed by atoms with Crippen LogP contribution in [0.3, 0.4) is 0 Å². The number of carbonyl (C=O) groups excluding carboxylic acids is 1. The monoisotopic (exact) mass is 477 g/mol. The predicted molar refractivity (Wildman–Crippen MR) is 127 cm³/mol. The number of hydrogen-bond donors (Lipinski definition) is 2. The summed E-state index contributed by atoms with van der Waals surface area (Å²) in [5.41, 5.74) is 1.74. The fourth-order valence-electron chi connectivity index (χ4n) is 3.16. The number of urea groups is 1. The van der Waals surface area contributed by atoms with Gasteiger partial charge in [0.2, 0.25) is 0 Å². The number of benzene rings is 1. The third-order valence-electron chi connectivity index (χ3n) is 5.58. The van der Waals surface area contributed by atoms with Crippen molar-refractivity contribution in [2.45, 2.75) is 18.6 Å². The van der Waals surface area contributed by atoms with E-state index in [9.17, 15) is 13.2 Å². The van der Waals surface area contributed by atoms with Gasteiger partial charge in [0.25, 0.3) is 0 Å². The second kappa shape index (κ2) is 10.4. The first-order chi connectivity index (χ1) is 15.6. The number of anilines is 2. The van der Waals surface area contributed by atoms with Crippen LogP contribution in [0.4, 0.5) is 16.3 Å². The van der Waals surface area contributed by atoms with Crippen molar-refractivity contribution in [1.29, 1.82) is 0 Å². The van der Waals surface area contributed by atoms with Crippen molar-refractivity contribution < 1.29 is 22.7 Å². The summed E-state index contributed by atoms with van der Waals surface area (Å²) in [5.74, 6) is 1.08. The van der Waals surface area contributed by atoms with E-state index in [0.717, 1.165) is 0 Å². The molecule has 0 spiro atoms. The third kappa shape index (κ3) is 6.18. The molecular formula is C22H31N5O5S. The summed E-state index contributed by atoms with van der Waals surface area (Å²) in [4.78, 5) is 23.3. The van der Waals surface area contributed by atoms with E-state index >= 15 is 0 Å². The summed E-state index contributed by atoms with van der Waals surface area (Å²) >= 11 is 0. The number of morpholine rings is 1. The van der Waals surface area contributed by atoms with Gasteiger partial charge in [0.1, 0.15) is 10.6 Å². The van der Waals surface area contributed by atoms with Crippen LogP contribution in [0.1, 0.15) is 19.5 Å². The third-order valence-corrected chi connectivity index (χ3v) is 7.65. The maximum Gasteiger partial charge on any atom is 0.319 e. The molecule has 2 N–H and O–H groups in total. The van der Waals surface area contributed by atoms with Crippen LogP contribution in [0.2, 0.25) is 0 Å². The quantitative estimate of drug-likeness (QED) is 0.554. The number of nitrogens with zero attached hydrogens (tertiary/aromatic N) is 3. The molecule has 0 aliphatic carbocycles. The Hall–Kier alpha value is -2.76. The molecule has 0 atom stereocenters. The highest BCUT2D eigenvalue weighted by molar-refractivity contribution is 7.91. The summed E-state index contributed by atoms with van der Waals surface area (Å²) in [7, 11) is -1.86. The van der Waals surface area contributed by atoms with Crippen LogP contribution < -0.4 is 15.5 Å². The van der Waals surface area contributed by atoms with Crippen molar-refractivity contribution in [3.63, 3.8) is 0 Å². The molecule has 33 heavy (non-hydrogen) atoms. The maximum atomic E-state index is 12.5. The van der Waals surface area contributed by atoms with E-state index in [0.29, 0.717) is 68.0 Å². The summed E-state index contributed by atoms with van der Waals surface area (Å²) in [6.07, 6.45) is 1.21. The number of methoxy groups -OCH3 is 1. The lowest BCUT2D eigenvalue weighted by Gasteiger charge is -2.30. The Morgan fingerprint density at radius 1 is 1.18 bits per heavy atom. The minimum atomic E-state index is -3.43. The Morgan fingerprint density at radius 3 is 2.45 bits per heavy atom. The topological polar surface area (TPSA) is 123 Å². The van der Waals surface area contributed by atoms with Crippen molar-refractivity contribution in [3.05, 3.63) is 36.0 Å². The van der Waals surface area contributed by atoms with Gasteiger partial charge < -0.3 is 25.0 Å². The van der Waals surface area contributed by atoms with Crippen LogP contribution in [0, 0.1) is 0 Å². The first-order valence-electron chi connectivity index (χ1n) is 10.7. The molecule has 1 aromatic carbocycles. The van der Waals surface area contributed by atoms with E-state index in [1.807, 2.05) is 0 Å². The van der Waals surface area contributed by atoms with Crippen molar-refractivity contribution in [3.8, 4) is 11.4 Å². The van der Waals surface area contributed by atoms with Crippen LogP contribution in [0.15, 0.2) is 30.3 Å². The number of hydrogen-bond acceptors (Lipinski definition) is 8. The van der Waals surface area contributed by atoms with Crippen LogP contribution in [-0.2, 0) is 24.1 Å². The maximum absolute atomic E-state index is 12.5. The molecule has 180 valence electrons. The van der Waals surface area contributed by atoms with E-state index in [-0.39, 0.29) is 6.03 Å². The molecule has 1 aromatic heterocycles. The van der Waals surface area contributed by atoms with Gasteiger partial charge in [-0.1, -0.05) is 0 Å². The predicted octanol–water partition coefficient (Wildman–Crippen LogP) is 2.03. The SMILES string of the molecule is COCCNC(=O)Nc1ccc(-c2nc(N3CCOCC3)cc(C(C)(C)S(C)(=O)=O)n2)cc1. The van der Waals surface area contributed by atoms with Crippen LogP contribution in [0.5, 0.6) is 0 Å². The average Bonchev–Trinajstić information content (AvgIpc) is 2.79. The lowest BCUT2D eigenvalue weighted by molar-refractivity contribution is 0.122. The van der Waals surface area contributed by atoms with Gasteiger partial charge in [-0.25, -0.2) is 23.2 Å². The fraction of sp³-hybridized carbons (Fsp3) is 0.500. The minimum absolute atomic E-state index is 0.331. The van der Waals surface area contributed by atoms with Gasteiger partial charge in [0.15, 0.2) is 15.7 Å². The normalized spacial score (nSPS) is 14.7. The number of rotatable bonds is 8. The van der Waals surface area contributed by atoms with Crippen molar-refractivity contribution in [2.75, 3.05) is 63.0 Å². The summed E-state index contributed by atoms with van der Waals surface area (Å²) < 4.78 is 34.1. The van der Waals surface area contributed by atoms with Crippen molar-refractivity contribution >= 4 is 27.4 Å². The molecule has 2 amide bonds. The Bertz CT molecular complexity index is 1070. The van der Waals surface area contributed by atoms with E-state index in [4.69, 9.17) is 14.5 Å². The molecule has 0 bridgehead atoms. The van der Waals surface area contributed by atoms with Gasteiger partial charge in [-0.3, -0.25) is 0 Å². The Kier molecular flexibility index (Phi) is 7.88. The molecule has 1 aliphatic heterocycles. The number of aromatic nitrogens is 2. The number of amides is 2. The summed E-state index contributed by atoms with van der Waals surface area (Å²) in [6, 6.07) is 8.49. The highest BCUT2D eigenvalue weighted by Gasteiger charge is 2.35. The fourth-order valence-corrected chi connectivity index (χ4v) is 3.65. The molecule has 1 fully saturated rings. The summed E-state index contributed by atoms with van der Waals surface area (Å²) in [5, 5.41) is 5.44. The Labute approximate surface area is 194 Å². The lowest BCUT2D eigenvalue weighted by atomic mass is 10.1. The van der Waals surface area contributed by atoms with Gasteiger partial charge in [0, 0.05) is 50.3 Å². The number of sulfone groups is 1. The largest absolute Gasteiger partial charge is 0.383 e. The lowest BCUT2D eigenvalue weighted by Crippen LogP contribution is -2.37. The van der Waals surface area contributed by atoms with Crippen LogP contribution in [0.25, 0.3) is 11.4 Å². The van der Waals surface area contributed by atoms with Gasteiger partial charge in [-0.15, -0.1) is 0 Å². The van der Waals surface area contributed by atoms with Crippen LogP contribution >= 0.6 is 0 Å². The molecule has 0 radical (unpaired) electrons. The van der Waals surface area contributed by atoms with E-state index in [1.165, 1.54) is 6.26 Å². The molecule has 11 heteroatoms. The van der Waals surface area contributed by atoms with E-state index in [1.54, 1.807) is 51.3 Å². The highest BCUT2D eigenvalue weighted by atomic mass is 32.2. The Balaban J connectivity index is 1.91. The van der Waals surface area contributed by atoms with Crippen molar-refractivity contribution in [2.24, 2.45) is 0 Å². The van der Waals surface area contributed by atoms with Crippen molar-refractivity contribution in [1.82, 2.24) is 15.3 Å². The smallest absolute Gasteiger partial charge is 0.319 e. The molecule has 1 saturated heterocycles. The zero-order chi connectivity index (χ0) is 24.1. The van der Waals surface area contributed by atoms with Gasteiger partial charge in [0.05, 0.1) is 25.5 Å². The van der Waals surface area contributed by atoms with E-state index < -0.39 is 14.6 Å². The van der Waals surface area contributed by atoms with Gasteiger partial charge in [-0.2, -0.15) is 0 Å². The zero-order valence-electron chi connectivity index (χ0n) is 19.4. The molecule has 10 nitrogen and oxygen atoms in total. The zero-order valence-corrected chi connectivity index (χ0v) is 20.2. The number of nitrogens with one attached hydrogen (secondary N) is 2. The second-order valence-corrected chi connectivity index (χ2v) is 10.8. The van der Waals surface area contributed by atoms with Crippen LogP contribution in [-0.4, -0.2) is 77.2 Å². The molecule has 2 aromatic rings. The average molecular weight is 478 g/mol.